The number of methoxy groups -OCH3 is 1. The predicted octanol–water partition coefficient (Wildman–Crippen LogP) is 7.09. The lowest BCUT2D eigenvalue weighted by molar-refractivity contribution is 0.112. The molecule has 1 aromatic rings. The Morgan fingerprint density at radius 3 is 2.27 bits per heavy atom. The molecule has 4 nitrogen and oxygen atoms in total. The monoisotopic (exact) mass is 420 g/mol. The molecule has 1 rings (SSSR count). The van der Waals surface area contributed by atoms with Crippen molar-refractivity contribution in [3.8, 4) is 11.5 Å². The molecule has 172 valence electrons. The summed E-state index contributed by atoms with van der Waals surface area (Å²) in [5.74, 6) is 1.71. The highest BCUT2D eigenvalue weighted by atomic mass is 16.5. The van der Waals surface area contributed by atoms with Crippen LogP contribution in [0.3, 0.4) is 0 Å². The van der Waals surface area contributed by atoms with Crippen LogP contribution in [0.1, 0.15) is 101 Å². The third-order valence-corrected chi connectivity index (χ3v) is 4.92. The van der Waals surface area contributed by atoms with Gasteiger partial charge < -0.3 is 14.6 Å². The zero-order valence-electron chi connectivity index (χ0n) is 19.9. The van der Waals surface area contributed by atoms with E-state index >= 15 is 0 Å². The second kappa shape index (κ2) is 19.2. The van der Waals surface area contributed by atoms with E-state index in [1.54, 1.807) is 13.2 Å². The quantitative estimate of drug-likeness (QED) is 0.229. The van der Waals surface area contributed by atoms with Crippen LogP contribution >= 0.6 is 0 Å². The van der Waals surface area contributed by atoms with Crippen LogP contribution in [0.4, 0.5) is 0 Å². The number of allylic oxidation sites excluding steroid dienone is 1. The Morgan fingerprint density at radius 2 is 1.63 bits per heavy atom. The number of hydrogen-bond acceptors (Lipinski definition) is 4. The molecule has 0 aromatic heterocycles. The minimum Gasteiger partial charge on any atom is -0.493 e. The zero-order chi connectivity index (χ0) is 22.6. The summed E-state index contributed by atoms with van der Waals surface area (Å²) in [6.45, 7) is 9.23. The van der Waals surface area contributed by atoms with E-state index in [4.69, 9.17) is 14.6 Å². The van der Waals surface area contributed by atoms with Gasteiger partial charge >= 0.3 is 0 Å². The van der Waals surface area contributed by atoms with Crippen molar-refractivity contribution in [2.75, 3.05) is 20.3 Å². The average Bonchev–Trinajstić information content (AvgIpc) is 2.78. The average molecular weight is 421 g/mol. The highest BCUT2D eigenvalue weighted by molar-refractivity contribution is 5.83. The van der Waals surface area contributed by atoms with E-state index in [1.807, 2.05) is 26.0 Å². The Labute approximate surface area is 184 Å². The lowest BCUT2D eigenvalue weighted by Crippen LogP contribution is -2.01. The summed E-state index contributed by atoms with van der Waals surface area (Å²) in [6, 6.07) is 3.63. The number of carbonyl (C=O) groups excluding carboxylic acids is 1. The summed E-state index contributed by atoms with van der Waals surface area (Å²) in [5.41, 5.74) is 1.47. The van der Waals surface area contributed by atoms with Crippen LogP contribution in [0, 0.1) is 5.92 Å². The first-order valence-electron chi connectivity index (χ1n) is 11.7. The Morgan fingerprint density at radius 1 is 0.967 bits per heavy atom. The van der Waals surface area contributed by atoms with Crippen molar-refractivity contribution in [2.24, 2.45) is 5.92 Å². The van der Waals surface area contributed by atoms with Gasteiger partial charge in [0.05, 0.1) is 13.7 Å². The first-order chi connectivity index (χ1) is 14.7. The molecule has 0 saturated carbocycles. The van der Waals surface area contributed by atoms with E-state index in [0.29, 0.717) is 29.6 Å². The fraction of sp³-hybridized carbons (Fsp3) is 0.654. The molecule has 0 radical (unpaired) electrons. The summed E-state index contributed by atoms with van der Waals surface area (Å²) in [5, 5.41) is 8.85. The largest absolute Gasteiger partial charge is 0.493 e. The fourth-order valence-electron chi connectivity index (χ4n) is 3.12. The number of aldehydes is 1. The SMILES string of the molecule is CC.CCCCCCCC(C)/C=C\c1cc(OCCCCCO)c(OC)cc1C=O. The lowest BCUT2D eigenvalue weighted by Gasteiger charge is -2.13. The summed E-state index contributed by atoms with van der Waals surface area (Å²) in [6.07, 6.45) is 15.3. The summed E-state index contributed by atoms with van der Waals surface area (Å²) >= 11 is 0. The molecule has 0 spiro atoms. The van der Waals surface area contributed by atoms with Gasteiger partial charge in [-0.3, -0.25) is 4.79 Å². The Bertz CT molecular complexity index is 581. The zero-order valence-corrected chi connectivity index (χ0v) is 19.9. The van der Waals surface area contributed by atoms with Crippen molar-refractivity contribution in [3.05, 3.63) is 29.3 Å². The first kappa shape index (κ1) is 28.2. The van der Waals surface area contributed by atoms with Crippen molar-refractivity contribution in [1.29, 1.82) is 0 Å². The molecule has 0 heterocycles. The van der Waals surface area contributed by atoms with Crippen LogP contribution in [0.2, 0.25) is 0 Å². The van der Waals surface area contributed by atoms with Crippen LogP contribution in [0.15, 0.2) is 18.2 Å². The van der Waals surface area contributed by atoms with Gasteiger partial charge in [0.15, 0.2) is 17.8 Å². The van der Waals surface area contributed by atoms with E-state index in [9.17, 15) is 4.79 Å². The first-order valence-corrected chi connectivity index (χ1v) is 11.7. The smallest absolute Gasteiger partial charge is 0.161 e. The molecule has 0 bridgehead atoms. The molecule has 0 saturated heterocycles. The van der Waals surface area contributed by atoms with Crippen LogP contribution in [-0.4, -0.2) is 31.7 Å². The highest BCUT2D eigenvalue weighted by Gasteiger charge is 2.10. The van der Waals surface area contributed by atoms with Crippen LogP contribution in [0.25, 0.3) is 6.08 Å². The standard InChI is InChI=1S/C24H38O4.C2H6/c1-4-5-6-7-9-12-20(2)13-14-21-17-24(28-16-11-8-10-15-25)23(27-3)18-22(21)19-26;1-2/h13-14,17-20,25H,4-12,15-16H2,1-3H3;1-2H3/b14-13-;. The number of aliphatic hydroxyl groups is 1. The molecule has 0 aliphatic heterocycles. The second-order valence-corrected chi connectivity index (χ2v) is 7.42. The summed E-state index contributed by atoms with van der Waals surface area (Å²) < 4.78 is 11.3. The molecule has 1 N–H and O–H groups in total. The third-order valence-electron chi connectivity index (χ3n) is 4.92. The summed E-state index contributed by atoms with van der Waals surface area (Å²) in [4.78, 5) is 11.5. The fourth-order valence-corrected chi connectivity index (χ4v) is 3.12. The molecule has 30 heavy (non-hydrogen) atoms. The van der Waals surface area contributed by atoms with Crippen molar-refractivity contribution in [3.63, 3.8) is 0 Å². The molecule has 1 aromatic carbocycles. The molecule has 0 aliphatic rings. The molecule has 0 aliphatic carbocycles. The van der Waals surface area contributed by atoms with Crippen LogP contribution < -0.4 is 9.47 Å². The minimum atomic E-state index is 0.211. The molecular weight excluding hydrogens is 376 g/mol. The maximum atomic E-state index is 11.5. The number of hydrogen-bond donors (Lipinski definition) is 1. The van der Waals surface area contributed by atoms with Crippen molar-refractivity contribution < 1.29 is 19.4 Å². The Balaban J connectivity index is 0.00000407. The van der Waals surface area contributed by atoms with E-state index in [2.05, 4.69) is 19.9 Å². The van der Waals surface area contributed by atoms with Gasteiger partial charge in [0.25, 0.3) is 0 Å². The molecule has 1 unspecified atom stereocenters. The lowest BCUT2D eigenvalue weighted by atomic mass is 9.99. The van der Waals surface area contributed by atoms with Crippen molar-refractivity contribution >= 4 is 12.4 Å². The van der Waals surface area contributed by atoms with Gasteiger partial charge in [-0.15, -0.1) is 0 Å². The normalized spacial score (nSPS) is 11.7. The van der Waals surface area contributed by atoms with Gasteiger partial charge in [0, 0.05) is 12.2 Å². The van der Waals surface area contributed by atoms with E-state index < -0.39 is 0 Å². The number of carbonyl (C=O) groups is 1. The minimum absolute atomic E-state index is 0.211. The number of rotatable bonds is 16. The van der Waals surface area contributed by atoms with Crippen molar-refractivity contribution in [2.45, 2.75) is 85.5 Å². The Hall–Kier alpha value is -1.81. The number of benzene rings is 1. The topological polar surface area (TPSA) is 55.8 Å². The molecule has 4 heteroatoms. The van der Waals surface area contributed by atoms with Crippen LogP contribution in [0.5, 0.6) is 11.5 Å². The summed E-state index contributed by atoms with van der Waals surface area (Å²) in [7, 11) is 1.58. The molecule has 0 amide bonds. The van der Waals surface area contributed by atoms with Gasteiger partial charge in [-0.25, -0.2) is 0 Å². The van der Waals surface area contributed by atoms with Gasteiger partial charge in [-0.1, -0.05) is 72.0 Å². The van der Waals surface area contributed by atoms with E-state index in [1.165, 1.54) is 38.5 Å². The third kappa shape index (κ3) is 12.0. The Kier molecular flexibility index (Phi) is 18.0. The van der Waals surface area contributed by atoms with Crippen LogP contribution in [-0.2, 0) is 0 Å². The highest BCUT2D eigenvalue weighted by Crippen LogP contribution is 2.31. The van der Waals surface area contributed by atoms with Crippen molar-refractivity contribution in [1.82, 2.24) is 0 Å². The van der Waals surface area contributed by atoms with Gasteiger partial charge in [-0.05, 0) is 49.3 Å². The maximum absolute atomic E-state index is 11.5. The van der Waals surface area contributed by atoms with E-state index in [-0.39, 0.29) is 6.61 Å². The number of unbranched alkanes of at least 4 members (excludes halogenated alkanes) is 6. The van der Waals surface area contributed by atoms with Gasteiger partial charge in [0.1, 0.15) is 0 Å². The number of ether oxygens (including phenoxy) is 2. The van der Waals surface area contributed by atoms with Gasteiger partial charge in [-0.2, -0.15) is 0 Å². The second-order valence-electron chi connectivity index (χ2n) is 7.42. The predicted molar refractivity (Wildman–Crippen MR) is 128 cm³/mol. The molecule has 1 atom stereocenters. The maximum Gasteiger partial charge on any atom is 0.161 e. The van der Waals surface area contributed by atoms with E-state index in [0.717, 1.165) is 31.1 Å². The van der Waals surface area contributed by atoms with Gasteiger partial charge in [0.2, 0.25) is 0 Å². The molecular formula is C26H44O4. The molecule has 0 fully saturated rings. The number of aliphatic hydroxyl groups excluding tert-OH is 1.